The van der Waals surface area contributed by atoms with Crippen molar-refractivity contribution in [3.63, 3.8) is 0 Å². The molecule has 0 unspecified atom stereocenters. The zero-order valence-corrected chi connectivity index (χ0v) is 11.8. The first-order chi connectivity index (χ1) is 8.57. The lowest BCUT2D eigenvalue weighted by atomic mass is 9.90. The number of hydrogen-bond acceptors (Lipinski definition) is 2. The number of anilines is 1. The topological polar surface area (TPSA) is 35.8 Å². The zero-order valence-electron chi connectivity index (χ0n) is 11.8. The predicted octanol–water partition coefficient (Wildman–Crippen LogP) is 4.38. The summed E-state index contributed by atoms with van der Waals surface area (Å²) in [4.78, 5) is 0. The van der Waals surface area contributed by atoms with Crippen LogP contribution >= 0.6 is 0 Å². The van der Waals surface area contributed by atoms with Crippen molar-refractivity contribution in [3.8, 4) is 6.07 Å². The van der Waals surface area contributed by atoms with Gasteiger partial charge >= 0.3 is 0 Å². The first kappa shape index (κ1) is 14.6. The monoisotopic (exact) mass is 244 g/mol. The van der Waals surface area contributed by atoms with E-state index in [4.69, 9.17) is 5.26 Å². The number of nitrogens with zero attached hydrogens (tertiary/aromatic N) is 1. The van der Waals surface area contributed by atoms with E-state index < -0.39 is 0 Å². The van der Waals surface area contributed by atoms with E-state index in [1.54, 1.807) is 0 Å². The molecule has 2 heteroatoms. The Morgan fingerprint density at radius 2 is 1.89 bits per heavy atom. The van der Waals surface area contributed by atoms with E-state index in [9.17, 15) is 0 Å². The van der Waals surface area contributed by atoms with Crippen LogP contribution in [-0.2, 0) is 6.42 Å². The number of nitrogens with one attached hydrogen (secondary N) is 1. The molecule has 0 heterocycles. The fourth-order valence-corrected chi connectivity index (χ4v) is 1.90. The van der Waals surface area contributed by atoms with Gasteiger partial charge in [0, 0.05) is 12.2 Å². The van der Waals surface area contributed by atoms with E-state index in [1.165, 1.54) is 17.7 Å². The Morgan fingerprint density at radius 3 is 2.44 bits per heavy atom. The molecule has 0 aromatic heterocycles. The normalized spacial score (nSPS) is 11.0. The molecule has 0 amide bonds. The first-order valence-electron chi connectivity index (χ1n) is 6.81. The van der Waals surface area contributed by atoms with Gasteiger partial charge in [0.05, 0.1) is 11.5 Å². The van der Waals surface area contributed by atoms with Crippen LogP contribution in [0.3, 0.4) is 0 Å². The largest absolute Gasteiger partial charge is 0.385 e. The Morgan fingerprint density at radius 1 is 1.22 bits per heavy atom. The molecule has 0 atom stereocenters. The van der Waals surface area contributed by atoms with Gasteiger partial charge in [-0.15, -0.1) is 0 Å². The Hall–Kier alpha value is -1.49. The van der Waals surface area contributed by atoms with Crippen molar-refractivity contribution >= 4 is 5.69 Å². The number of nitriles is 1. The molecule has 0 fully saturated rings. The third kappa shape index (κ3) is 5.23. The molecule has 2 nitrogen and oxygen atoms in total. The summed E-state index contributed by atoms with van der Waals surface area (Å²) in [5.41, 5.74) is 2.37. The van der Waals surface area contributed by atoms with Crippen molar-refractivity contribution in [2.45, 2.75) is 46.5 Å². The summed E-state index contributed by atoms with van der Waals surface area (Å²) in [6, 6.07) is 11.0. The molecule has 0 radical (unpaired) electrons. The molecule has 1 rings (SSSR count). The van der Waals surface area contributed by atoms with Crippen molar-refractivity contribution in [1.29, 1.82) is 5.26 Å². The van der Waals surface area contributed by atoms with E-state index >= 15 is 0 Å². The van der Waals surface area contributed by atoms with E-state index in [-0.39, 0.29) is 5.41 Å². The van der Waals surface area contributed by atoms with E-state index in [0.717, 1.165) is 25.8 Å². The molecule has 98 valence electrons. The maximum Gasteiger partial charge on any atom is 0.0683 e. The van der Waals surface area contributed by atoms with Crippen molar-refractivity contribution in [1.82, 2.24) is 0 Å². The summed E-state index contributed by atoms with van der Waals surface area (Å²) in [5, 5.41) is 12.3. The van der Waals surface area contributed by atoms with Gasteiger partial charge in [-0.05, 0) is 50.8 Å². The highest BCUT2D eigenvalue weighted by molar-refractivity contribution is 5.44. The van der Waals surface area contributed by atoms with Gasteiger partial charge < -0.3 is 5.32 Å². The Bertz CT molecular complexity index is 385. The molecular formula is C16H24N2. The highest BCUT2D eigenvalue weighted by atomic mass is 14.9. The summed E-state index contributed by atoms with van der Waals surface area (Å²) in [5.74, 6) is 0. The SMILES string of the molecule is CCCc1ccc(NCCCC(C)(C)C#N)cc1. The van der Waals surface area contributed by atoms with Crippen molar-refractivity contribution < 1.29 is 0 Å². The minimum atomic E-state index is -0.202. The van der Waals surface area contributed by atoms with E-state index in [1.807, 2.05) is 13.8 Å². The van der Waals surface area contributed by atoms with Crippen molar-refractivity contribution in [2.24, 2.45) is 5.41 Å². The fourth-order valence-electron chi connectivity index (χ4n) is 1.90. The minimum Gasteiger partial charge on any atom is -0.385 e. The minimum absolute atomic E-state index is 0.202. The Balaban J connectivity index is 2.30. The van der Waals surface area contributed by atoms with Gasteiger partial charge in [0.15, 0.2) is 0 Å². The second-order valence-corrected chi connectivity index (χ2v) is 5.47. The maximum absolute atomic E-state index is 8.92. The van der Waals surface area contributed by atoms with Crippen LogP contribution in [0, 0.1) is 16.7 Å². The van der Waals surface area contributed by atoms with Crippen molar-refractivity contribution in [3.05, 3.63) is 29.8 Å². The molecule has 1 aromatic carbocycles. The number of benzene rings is 1. The summed E-state index contributed by atoms with van der Waals surface area (Å²) in [7, 11) is 0. The van der Waals surface area contributed by atoms with Crippen LogP contribution in [-0.4, -0.2) is 6.54 Å². The smallest absolute Gasteiger partial charge is 0.0683 e. The summed E-state index contributed by atoms with van der Waals surface area (Å²) >= 11 is 0. The van der Waals surface area contributed by atoms with Crippen LogP contribution in [0.2, 0.25) is 0 Å². The lowest BCUT2D eigenvalue weighted by Gasteiger charge is -2.15. The summed E-state index contributed by atoms with van der Waals surface area (Å²) < 4.78 is 0. The number of hydrogen-bond donors (Lipinski definition) is 1. The van der Waals surface area contributed by atoms with Gasteiger partial charge in [-0.25, -0.2) is 0 Å². The van der Waals surface area contributed by atoms with E-state index in [0.29, 0.717) is 0 Å². The molecule has 1 aromatic rings. The van der Waals surface area contributed by atoms with Gasteiger partial charge in [-0.2, -0.15) is 5.26 Å². The van der Waals surface area contributed by atoms with Crippen LogP contribution in [0.25, 0.3) is 0 Å². The number of aryl methyl sites for hydroxylation is 1. The number of rotatable bonds is 7. The molecule has 0 aliphatic rings. The molecule has 0 saturated heterocycles. The van der Waals surface area contributed by atoms with Crippen LogP contribution in [0.1, 0.15) is 45.6 Å². The maximum atomic E-state index is 8.92. The molecule has 0 aliphatic carbocycles. The highest BCUT2D eigenvalue weighted by Gasteiger charge is 2.15. The Kier molecular flexibility index (Phi) is 5.71. The van der Waals surface area contributed by atoms with Gasteiger partial charge in [0.25, 0.3) is 0 Å². The molecule has 1 N–H and O–H groups in total. The van der Waals surface area contributed by atoms with Crippen LogP contribution in [0.15, 0.2) is 24.3 Å². The predicted molar refractivity (Wildman–Crippen MR) is 77.6 cm³/mol. The molecule has 0 saturated carbocycles. The molecule has 0 aliphatic heterocycles. The summed E-state index contributed by atoms with van der Waals surface area (Å²) in [6.45, 7) is 7.11. The van der Waals surface area contributed by atoms with Crippen molar-refractivity contribution in [2.75, 3.05) is 11.9 Å². The quantitative estimate of drug-likeness (QED) is 0.722. The van der Waals surface area contributed by atoms with Gasteiger partial charge in [-0.1, -0.05) is 25.5 Å². The van der Waals surface area contributed by atoms with Gasteiger partial charge in [0.1, 0.15) is 0 Å². The second-order valence-electron chi connectivity index (χ2n) is 5.47. The lowest BCUT2D eigenvalue weighted by molar-refractivity contribution is 0.441. The summed E-state index contributed by atoms with van der Waals surface area (Å²) in [6.07, 6.45) is 4.30. The average Bonchev–Trinajstić information content (AvgIpc) is 2.37. The van der Waals surface area contributed by atoms with Gasteiger partial charge in [0.2, 0.25) is 0 Å². The third-order valence-corrected chi connectivity index (χ3v) is 3.10. The van der Waals surface area contributed by atoms with Crippen LogP contribution in [0.4, 0.5) is 5.69 Å². The van der Waals surface area contributed by atoms with Crippen LogP contribution < -0.4 is 5.32 Å². The highest BCUT2D eigenvalue weighted by Crippen LogP contribution is 2.20. The zero-order chi connectivity index (χ0) is 13.4. The standard InChI is InChI=1S/C16H24N2/c1-4-6-14-7-9-15(10-8-14)18-12-5-11-16(2,3)13-17/h7-10,18H,4-6,11-12H2,1-3H3. The second kappa shape index (κ2) is 7.06. The fraction of sp³-hybridized carbons (Fsp3) is 0.562. The lowest BCUT2D eigenvalue weighted by Crippen LogP contribution is -2.11. The third-order valence-electron chi connectivity index (χ3n) is 3.10. The molecule has 0 bridgehead atoms. The molecule has 18 heavy (non-hydrogen) atoms. The molecule has 0 spiro atoms. The molecular weight excluding hydrogens is 220 g/mol. The average molecular weight is 244 g/mol. The van der Waals surface area contributed by atoms with Gasteiger partial charge in [-0.3, -0.25) is 0 Å². The Labute approximate surface area is 111 Å². The van der Waals surface area contributed by atoms with E-state index in [2.05, 4.69) is 42.6 Å². The first-order valence-corrected chi connectivity index (χ1v) is 6.81. The van der Waals surface area contributed by atoms with Crippen LogP contribution in [0.5, 0.6) is 0 Å².